The van der Waals surface area contributed by atoms with Crippen LogP contribution in [0.3, 0.4) is 0 Å². The second-order valence-corrected chi connectivity index (χ2v) is 6.04. The normalized spacial score (nSPS) is 11.2. The van der Waals surface area contributed by atoms with Crippen molar-refractivity contribution in [2.75, 3.05) is 39.6 Å². The van der Waals surface area contributed by atoms with Crippen LogP contribution in [0.15, 0.2) is 23.3 Å². The van der Waals surface area contributed by atoms with Crippen LogP contribution in [0.1, 0.15) is 38.5 Å². The van der Waals surface area contributed by atoms with E-state index in [9.17, 15) is 19.2 Å². The second-order valence-electron chi connectivity index (χ2n) is 6.04. The molecule has 0 aromatic rings. The van der Waals surface area contributed by atoms with Crippen LogP contribution >= 0.6 is 0 Å². The molecule has 0 aliphatic rings. The third kappa shape index (κ3) is 18.0. The van der Waals surface area contributed by atoms with Crippen LogP contribution in [-0.4, -0.2) is 94.2 Å². The van der Waals surface area contributed by atoms with Crippen molar-refractivity contribution in [3.8, 4) is 0 Å². The Morgan fingerprint density at radius 3 is 1.12 bits per heavy atom. The molecular formula is C20H32O12. The van der Waals surface area contributed by atoms with E-state index in [4.69, 9.17) is 30.6 Å². The molecule has 12 nitrogen and oxygen atoms in total. The summed E-state index contributed by atoms with van der Waals surface area (Å²) in [7, 11) is 0. The van der Waals surface area contributed by atoms with Crippen LogP contribution in [0.4, 0.5) is 0 Å². The summed E-state index contributed by atoms with van der Waals surface area (Å²) >= 11 is 0. The molecule has 0 aromatic carbocycles. The third-order valence-corrected chi connectivity index (χ3v) is 3.50. The molecule has 0 aromatic heterocycles. The molecule has 0 saturated carbocycles. The first kappa shape index (κ1) is 31.4. The van der Waals surface area contributed by atoms with E-state index in [1.165, 1.54) is 0 Å². The maximum absolute atomic E-state index is 10.9. The van der Waals surface area contributed by atoms with Gasteiger partial charge in [0.15, 0.2) is 0 Å². The summed E-state index contributed by atoms with van der Waals surface area (Å²) in [6.07, 6.45) is 3.07. The van der Waals surface area contributed by atoms with E-state index in [1.807, 2.05) is 0 Å². The van der Waals surface area contributed by atoms with Crippen molar-refractivity contribution >= 4 is 23.9 Å². The Morgan fingerprint density at radius 2 is 0.875 bits per heavy atom. The van der Waals surface area contributed by atoms with Crippen molar-refractivity contribution in [3.05, 3.63) is 23.3 Å². The number of rotatable bonds is 16. The van der Waals surface area contributed by atoms with Crippen molar-refractivity contribution in [1.29, 1.82) is 0 Å². The molecule has 0 unspecified atom stereocenters. The van der Waals surface area contributed by atoms with E-state index >= 15 is 0 Å². The maximum Gasteiger partial charge on any atom is 0.332 e. The lowest BCUT2D eigenvalue weighted by atomic mass is 9.99. The minimum Gasteiger partial charge on any atom is -0.478 e. The van der Waals surface area contributed by atoms with Gasteiger partial charge in [-0.1, -0.05) is 0 Å². The van der Waals surface area contributed by atoms with E-state index in [2.05, 4.69) is 9.47 Å². The standard InChI is InChI=1S/2C10H16O6/c11-5-1-7-15-9(13)3-4-10(14)16-8-2-6-12;11-5-1-3-7(9(13)14)8(10(15)16)4-2-6-12/h3-4,11-12H,1-2,5-8H2;11-12H,1-6H2,(H,13,14)(H,15,16)/b4-3+;8-7+. The first-order valence-electron chi connectivity index (χ1n) is 9.88. The summed E-state index contributed by atoms with van der Waals surface area (Å²) < 4.78 is 9.25. The van der Waals surface area contributed by atoms with Gasteiger partial charge in [0.1, 0.15) is 0 Å². The Morgan fingerprint density at radius 1 is 0.562 bits per heavy atom. The first-order valence-corrected chi connectivity index (χ1v) is 9.88. The van der Waals surface area contributed by atoms with E-state index in [1.54, 1.807) is 0 Å². The van der Waals surface area contributed by atoms with Crippen molar-refractivity contribution in [2.24, 2.45) is 0 Å². The summed E-state index contributed by atoms with van der Waals surface area (Å²) in [4.78, 5) is 43.5. The van der Waals surface area contributed by atoms with E-state index < -0.39 is 23.9 Å². The van der Waals surface area contributed by atoms with Gasteiger partial charge < -0.3 is 40.1 Å². The lowest BCUT2D eigenvalue weighted by Crippen LogP contribution is -2.12. The number of aliphatic hydroxyl groups is 4. The Bertz CT molecular complexity index is 572. The lowest BCUT2D eigenvalue weighted by molar-refractivity contribution is -0.140. The minimum absolute atomic E-state index is 0.0128. The van der Waals surface area contributed by atoms with Crippen LogP contribution in [0, 0.1) is 0 Å². The van der Waals surface area contributed by atoms with Crippen molar-refractivity contribution in [3.63, 3.8) is 0 Å². The lowest BCUT2D eigenvalue weighted by Gasteiger charge is -2.07. The van der Waals surface area contributed by atoms with Crippen LogP contribution in [0.2, 0.25) is 0 Å². The van der Waals surface area contributed by atoms with Crippen LogP contribution < -0.4 is 0 Å². The van der Waals surface area contributed by atoms with Gasteiger partial charge in [0.2, 0.25) is 0 Å². The third-order valence-electron chi connectivity index (χ3n) is 3.50. The zero-order chi connectivity index (χ0) is 24.8. The molecule has 0 atom stereocenters. The molecule has 0 rings (SSSR count). The van der Waals surface area contributed by atoms with E-state index in [0.717, 1.165) is 12.2 Å². The summed E-state index contributed by atoms with van der Waals surface area (Å²) in [6, 6.07) is 0. The fourth-order valence-electron chi connectivity index (χ4n) is 1.99. The van der Waals surface area contributed by atoms with Gasteiger partial charge in [0.05, 0.1) is 13.2 Å². The fraction of sp³-hybridized carbons (Fsp3) is 0.600. The van der Waals surface area contributed by atoms with Crippen LogP contribution in [0.5, 0.6) is 0 Å². The predicted octanol–water partition coefficient (Wildman–Crippen LogP) is -0.609. The number of aliphatic carboxylic acids is 2. The zero-order valence-electron chi connectivity index (χ0n) is 17.8. The first-order chi connectivity index (χ1) is 15.2. The number of esters is 2. The molecule has 12 heteroatoms. The van der Waals surface area contributed by atoms with Gasteiger partial charge in [-0.2, -0.15) is 0 Å². The van der Waals surface area contributed by atoms with Gasteiger partial charge in [-0.05, 0) is 25.7 Å². The molecule has 0 saturated heterocycles. The quantitative estimate of drug-likeness (QED) is 0.0960. The average Bonchev–Trinajstić information content (AvgIpc) is 2.75. The highest BCUT2D eigenvalue weighted by Crippen LogP contribution is 2.17. The van der Waals surface area contributed by atoms with Crippen LogP contribution in [0.25, 0.3) is 0 Å². The molecule has 0 amide bonds. The molecule has 184 valence electrons. The number of hydrogen-bond donors (Lipinski definition) is 6. The minimum atomic E-state index is -1.29. The Kier molecular flexibility index (Phi) is 21.0. The largest absolute Gasteiger partial charge is 0.478 e. The molecule has 0 spiro atoms. The molecule has 0 aliphatic heterocycles. The average molecular weight is 464 g/mol. The van der Waals surface area contributed by atoms with Crippen molar-refractivity contribution in [1.82, 2.24) is 0 Å². The number of hydrogen-bond acceptors (Lipinski definition) is 10. The number of ether oxygens (including phenoxy) is 2. The molecule has 0 heterocycles. The number of aliphatic hydroxyl groups excluding tert-OH is 4. The number of carboxylic acids is 2. The Hall–Kier alpha value is -2.80. The molecular weight excluding hydrogens is 432 g/mol. The molecule has 0 aliphatic carbocycles. The number of carboxylic acid groups (broad SMARTS) is 2. The molecule has 0 bridgehead atoms. The number of carbonyl (C=O) groups excluding carboxylic acids is 2. The van der Waals surface area contributed by atoms with Gasteiger partial charge in [-0.3, -0.25) is 0 Å². The second kappa shape index (κ2) is 21.4. The maximum atomic E-state index is 10.9. The summed E-state index contributed by atoms with van der Waals surface area (Å²) in [5, 5.41) is 51.7. The summed E-state index contributed by atoms with van der Waals surface area (Å²) in [6.45, 7) is -0.272. The van der Waals surface area contributed by atoms with Gasteiger partial charge in [0, 0.05) is 62.6 Å². The van der Waals surface area contributed by atoms with E-state index in [-0.39, 0.29) is 76.5 Å². The Balaban J connectivity index is 0. The molecule has 6 N–H and O–H groups in total. The zero-order valence-corrected chi connectivity index (χ0v) is 17.8. The van der Waals surface area contributed by atoms with E-state index in [0.29, 0.717) is 12.8 Å². The van der Waals surface area contributed by atoms with Gasteiger partial charge >= 0.3 is 23.9 Å². The molecule has 32 heavy (non-hydrogen) atoms. The topological polar surface area (TPSA) is 208 Å². The SMILES string of the molecule is O=C(/C=C/C(=O)OCCCO)OCCCO.O=C(O)/C(CCCO)=C(\CCCO)C(=O)O. The summed E-state index contributed by atoms with van der Waals surface area (Å²) in [5.74, 6) is -3.90. The molecule has 0 radical (unpaired) electrons. The number of carbonyl (C=O) groups is 4. The van der Waals surface area contributed by atoms with Crippen molar-refractivity contribution < 1.29 is 59.3 Å². The Labute approximate surface area is 185 Å². The predicted molar refractivity (Wildman–Crippen MR) is 109 cm³/mol. The molecule has 0 fully saturated rings. The summed E-state index contributed by atoms with van der Waals surface area (Å²) in [5.41, 5.74) is -0.398. The van der Waals surface area contributed by atoms with Crippen molar-refractivity contribution in [2.45, 2.75) is 38.5 Å². The van der Waals surface area contributed by atoms with Crippen LogP contribution in [-0.2, 0) is 28.7 Å². The van der Waals surface area contributed by atoms with Gasteiger partial charge in [-0.25, -0.2) is 19.2 Å². The van der Waals surface area contributed by atoms with Gasteiger partial charge in [-0.15, -0.1) is 0 Å². The highest BCUT2D eigenvalue weighted by molar-refractivity contribution is 5.98. The fourth-order valence-corrected chi connectivity index (χ4v) is 1.99. The highest BCUT2D eigenvalue weighted by Gasteiger charge is 2.19. The van der Waals surface area contributed by atoms with Gasteiger partial charge in [0.25, 0.3) is 0 Å². The highest BCUT2D eigenvalue weighted by atomic mass is 16.5. The monoisotopic (exact) mass is 464 g/mol. The smallest absolute Gasteiger partial charge is 0.332 e.